The normalized spacial score (nSPS) is 19.9. The number of benzene rings is 1. The van der Waals surface area contributed by atoms with Gasteiger partial charge in [-0.25, -0.2) is 0 Å². The minimum atomic E-state index is -0.00182. The Morgan fingerprint density at radius 3 is 2.55 bits per heavy atom. The van der Waals surface area contributed by atoms with Crippen LogP contribution in [-0.4, -0.2) is 66.2 Å². The molecule has 2 N–H and O–H groups in total. The predicted octanol–water partition coefficient (Wildman–Crippen LogP) is 2.43. The van der Waals surface area contributed by atoms with Gasteiger partial charge in [0.25, 0.3) is 0 Å². The summed E-state index contributed by atoms with van der Waals surface area (Å²) in [7, 11) is 1.66. The lowest BCUT2D eigenvalue weighted by molar-refractivity contribution is -0.134. The van der Waals surface area contributed by atoms with Gasteiger partial charge in [-0.2, -0.15) is 5.10 Å². The van der Waals surface area contributed by atoms with Crippen LogP contribution in [0.15, 0.2) is 30.3 Å². The molecule has 1 aromatic carbocycles. The fraction of sp³-hybridized carbons (Fsp3) is 0.522. The average molecular weight is 426 g/mol. The summed E-state index contributed by atoms with van der Waals surface area (Å²) in [4.78, 5) is 28.3. The maximum atomic E-state index is 12.8. The van der Waals surface area contributed by atoms with Crippen molar-refractivity contribution in [2.75, 3.05) is 38.2 Å². The zero-order chi connectivity index (χ0) is 21.8. The molecule has 2 saturated heterocycles. The Morgan fingerprint density at radius 1 is 1.13 bits per heavy atom. The zero-order valence-corrected chi connectivity index (χ0v) is 18.3. The van der Waals surface area contributed by atoms with Crippen molar-refractivity contribution >= 4 is 17.6 Å². The van der Waals surface area contributed by atoms with Gasteiger partial charge < -0.3 is 19.9 Å². The first-order valence-corrected chi connectivity index (χ1v) is 11.0. The van der Waals surface area contributed by atoms with Crippen LogP contribution in [0.1, 0.15) is 32.6 Å². The molecule has 2 fully saturated rings. The number of nitrogens with one attached hydrogen (secondary N) is 2. The lowest BCUT2D eigenvalue weighted by atomic mass is 9.95. The molecule has 4 rings (SSSR count). The van der Waals surface area contributed by atoms with E-state index in [0.29, 0.717) is 13.1 Å². The number of carbonyl (C=O) groups is 2. The summed E-state index contributed by atoms with van der Waals surface area (Å²) in [6.07, 6.45) is 3.47. The molecule has 2 aliphatic heterocycles. The second-order valence-electron chi connectivity index (χ2n) is 8.44. The third-order valence-electron chi connectivity index (χ3n) is 6.37. The fourth-order valence-corrected chi connectivity index (χ4v) is 4.47. The van der Waals surface area contributed by atoms with Crippen LogP contribution in [0.25, 0.3) is 11.3 Å². The number of carbonyl (C=O) groups excluding carboxylic acids is 2. The van der Waals surface area contributed by atoms with Gasteiger partial charge >= 0.3 is 0 Å². The van der Waals surface area contributed by atoms with Crippen molar-refractivity contribution in [2.24, 2.45) is 5.92 Å². The number of ether oxygens (including phenoxy) is 1. The topological polar surface area (TPSA) is 90.6 Å². The van der Waals surface area contributed by atoms with E-state index in [-0.39, 0.29) is 23.8 Å². The maximum Gasteiger partial charge on any atom is 0.223 e. The van der Waals surface area contributed by atoms with Gasteiger partial charge in [0.2, 0.25) is 11.8 Å². The van der Waals surface area contributed by atoms with Gasteiger partial charge in [-0.05, 0) is 55.5 Å². The molecular weight excluding hydrogens is 394 g/mol. The van der Waals surface area contributed by atoms with Crippen molar-refractivity contribution in [3.63, 3.8) is 0 Å². The molecule has 1 aromatic heterocycles. The molecule has 31 heavy (non-hydrogen) atoms. The highest BCUT2D eigenvalue weighted by molar-refractivity contribution is 5.80. The minimum absolute atomic E-state index is 0.00182. The number of amides is 2. The first kappa shape index (κ1) is 21.2. The lowest BCUT2D eigenvalue weighted by Crippen LogP contribution is -2.50. The van der Waals surface area contributed by atoms with E-state index in [1.54, 1.807) is 14.0 Å². The highest BCUT2D eigenvalue weighted by Gasteiger charge is 2.29. The Balaban J connectivity index is 1.33. The molecule has 2 aromatic rings. The summed E-state index contributed by atoms with van der Waals surface area (Å²) in [5.41, 5.74) is 2.01. The van der Waals surface area contributed by atoms with Gasteiger partial charge in [-0.3, -0.25) is 14.7 Å². The van der Waals surface area contributed by atoms with Gasteiger partial charge in [-0.15, -0.1) is 0 Å². The van der Waals surface area contributed by atoms with Gasteiger partial charge in [0.15, 0.2) is 5.82 Å². The van der Waals surface area contributed by atoms with Crippen molar-refractivity contribution in [3.8, 4) is 17.0 Å². The van der Waals surface area contributed by atoms with Gasteiger partial charge in [0.05, 0.1) is 12.8 Å². The number of hydrogen-bond donors (Lipinski definition) is 2. The van der Waals surface area contributed by atoms with Crippen LogP contribution in [0.4, 0.5) is 5.82 Å². The smallest absolute Gasteiger partial charge is 0.223 e. The number of aromatic amines is 1. The number of nitrogens with zero attached hydrogens (tertiary/aromatic N) is 3. The predicted molar refractivity (Wildman–Crippen MR) is 119 cm³/mol. The summed E-state index contributed by atoms with van der Waals surface area (Å²) in [6, 6.07) is 10.1. The maximum absolute atomic E-state index is 12.8. The molecule has 3 heterocycles. The number of aromatic nitrogens is 2. The van der Waals surface area contributed by atoms with Crippen LogP contribution in [0.3, 0.4) is 0 Å². The van der Waals surface area contributed by atoms with Crippen molar-refractivity contribution in [3.05, 3.63) is 30.3 Å². The van der Waals surface area contributed by atoms with E-state index in [2.05, 4.69) is 26.5 Å². The summed E-state index contributed by atoms with van der Waals surface area (Å²) in [5.74, 6) is 1.94. The number of piperidine rings is 2. The van der Waals surface area contributed by atoms with Crippen molar-refractivity contribution in [1.29, 1.82) is 0 Å². The molecule has 0 saturated carbocycles. The summed E-state index contributed by atoms with van der Waals surface area (Å²) < 4.78 is 5.22. The van der Waals surface area contributed by atoms with Crippen LogP contribution in [0.2, 0.25) is 0 Å². The van der Waals surface area contributed by atoms with Crippen molar-refractivity contribution in [1.82, 2.24) is 20.4 Å². The Hall–Kier alpha value is -3.03. The molecule has 1 atom stereocenters. The standard InChI is InChI=1S/C23H31N5O3/c1-16(29)27-12-9-18(10-13-27)23(30)24-19-4-3-11-28(15-19)22-14-21(25-26-22)17-5-7-20(31-2)8-6-17/h5-8,14,18-19H,3-4,9-13,15H2,1-2H3,(H,24,30)(H,25,26)/t19-/m1/s1. The van der Waals surface area contributed by atoms with Gasteiger partial charge in [0, 0.05) is 51.1 Å². The Bertz CT molecular complexity index is 902. The van der Waals surface area contributed by atoms with Crippen LogP contribution in [0.5, 0.6) is 5.75 Å². The van der Waals surface area contributed by atoms with Crippen LogP contribution in [-0.2, 0) is 9.59 Å². The highest BCUT2D eigenvalue weighted by atomic mass is 16.5. The summed E-state index contributed by atoms with van der Waals surface area (Å²) in [5, 5.41) is 10.9. The van der Waals surface area contributed by atoms with Gasteiger partial charge in [-0.1, -0.05) is 0 Å². The van der Waals surface area contributed by atoms with E-state index in [1.165, 1.54) is 0 Å². The largest absolute Gasteiger partial charge is 0.497 e. The lowest BCUT2D eigenvalue weighted by Gasteiger charge is -2.35. The Kier molecular flexibility index (Phi) is 6.44. The number of H-pyrrole nitrogens is 1. The number of hydrogen-bond acceptors (Lipinski definition) is 5. The van der Waals surface area contributed by atoms with Crippen LogP contribution >= 0.6 is 0 Å². The van der Waals surface area contributed by atoms with Gasteiger partial charge in [0.1, 0.15) is 5.75 Å². The number of rotatable bonds is 5. The van der Waals surface area contributed by atoms with Crippen LogP contribution < -0.4 is 15.0 Å². The molecule has 2 aliphatic rings. The van der Waals surface area contributed by atoms with E-state index in [1.807, 2.05) is 29.2 Å². The van der Waals surface area contributed by atoms with Crippen molar-refractivity contribution < 1.29 is 14.3 Å². The first-order chi connectivity index (χ1) is 15.0. The van der Waals surface area contributed by atoms with E-state index in [9.17, 15) is 9.59 Å². The molecule has 2 amide bonds. The van der Waals surface area contributed by atoms with E-state index in [4.69, 9.17) is 4.74 Å². The fourth-order valence-electron chi connectivity index (χ4n) is 4.47. The monoisotopic (exact) mass is 425 g/mol. The third kappa shape index (κ3) is 5.00. The molecule has 8 heteroatoms. The molecule has 0 aliphatic carbocycles. The summed E-state index contributed by atoms with van der Waals surface area (Å²) in [6.45, 7) is 4.62. The molecule has 0 radical (unpaired) electrons. The summed E-state index contributed by atoms with van der Waals surface area (Å²) >= 11 is 0. The highest BCUT2D eigenvalue weighted by Crippen LogP contribution is 2.26. The molecule has 166 valence electrons. The minimum Gasteiger partial charge on any atom is -0.497 e. The molecule has 0 spiro atoms. The van der Waals surface area contributed by atoms with Crippen LogP contribution in [0, 0.1) is 5.92 Å². The Labute approximate surface area is 182 Å². The third-order valence-corrected chi connectivity index (χ3v) is 6.37. The number of anilines is 1. The second-order valence-corrected chi connectivity index (χ2v) is 8.44. The van der Waals surface area contributed by atoms with E-state index in [0.717, 1.165) is 61.6 Å². The first-order valence-electron chi connectivity index (χ1n) is 11.0. The molecule has 8 nitrogen and oxygen atoms in total. The average Bonchev–Trinajstić information content (AvgIpc) is 3.30. The van der Waals surface area contributed by atoms with Crippen molar-refractivity contribution in [2.45, 2.75) is 38.6 Å². The Morgan fingerprint density at radius 2 is 1.87 bits per heavy atom. The van der Waals surface area contributed by atoms with E-state index < -0.39 is 0 Å². The number of methoxy groups -OCH3 is 1. The van der Waals surface area contributed by atoms with E-state index >= 15 is 0 Å². The molecule has 0 unspecified atom stereocenters. The molecular formula is C23H31N5O3. The molecule has 0 bridgehead atoms. The number of likely N-dealkylation sites (tertiary alicyclic amines) is 1. The quantitative estimate of drug-likeness (QED) is 0.768. The zero-order valence-electron chi connectivity index (χ0n) is 18.3. The SMILES string of the molecule is COc1ccc(-c2cc(N3CCC[C@@H](NC(=O)C4CCN(C(C)=O)CC4)C3)n[nH]2)cc1. The second kappa shape index (κ2) is 9.41.